The van der Waals surface area contributed by atoms with Crippen LogP contribution in [0.1, 0.15) is 52.6 Å². The molecule has 34 heavy (non-hydrogen) atoms. The smallest absolute Gasteiger partial charge is 0.441 e. The minimum Gasteiger partial charge on any atom is -0.441 e. The van der Waals surface area contributed by atoms with Crippen molar-refractivity contribution in [2.75, 3.05) is 5.32 Å². The van der Waals surface area contributed by atoms with Gasteiger partial charge >= 0.3 is 18.1 Å². The van der Waals surface area contributed by atoms with Crippen LogP contribution < -0.4 is 15.8 Å². The highest BCUT2D eigenvalue weighted by Crippen LogP contribution is 2.39. The Kier molecular flexibility index (Phi) is 6.78. The van der Waals surface area contributed by atoms with Crippen molar-refractivity contribution in [2.45, 2.75) is 39.2 Å². The number of nitrogens with one attached hydrogen (secondary N) is 1. The van der Waals surface area contributed by atoms with Crippen LogP contribution in [-0.2, 0) is 14.3 Å². The second kappa shape index (κ2) is 9.26. The maximum Gasteiger partial charge on any atom is 0.491 e. The van der Waals surface area contributed by atoms with Gasteiger partial charge < -0.3 is 20.5 Å². The first-order valence-electron chi connectivity index (χ1n) is 10.2. The Morgan fingerprint density at radius 1 is 0.941 bits per heavy atom. The molecular formula is C23H21F3N2O6. The number of hydrogen-bond acceptors (Lipinski definition) is 8. The van der Waals surface area contributed by atoms with Crippen molar-refractivity contribution in [3.8, 4) is 5.75 Å². The molecule has 0 bridgehead atoms. The molecule has 0 aliphatic heterocycles. The highest BCUT2D eigenvalue weighted by Gasteiger charge is 2.43. The largest absolute Gasteiger partial charge is 0.491 e. The molecule has 2 aromatic carbocycles. The van der Waals surface area contributed by atoms with Gasteiger partial charge in [-0.25, -0.2) is 4.79 Å². The van der Waals surface area contributed by atoms with E-state index < -0.39 is 53.3 Å². The SMILES string of the molecule is CC(Nc1ccc2c(c1OC(=O)C(F)(F)F)C(=O)c1ccccc1C2=O)OC(=O)[C@@H](N)C(C)C. The summed E-state index contributed by atoms with van der Waals surface area (Å²) in [5.41, 5.74) is 4.74. The van der Waals surface area contributed by atoms with Crippen molar-refractivity contribution in [1.82, 2.24) is 0 Å². The van der Waals surface area contributed by atoms with Gasteiger partial charge in [0.15, 0.2) is 23.5 Å². The van der Waals surface area contributed by atoms with E-state index in [0.29, 0.717) is 0 Å². The highest BCUT2D eigenvalue weighted by atomic mass is 19.4. The molecule has 0 amide bonds. The molecule has 2 atom stereocenters. The molecule has 0 saturated heterocycles. The van der Waals surface area contributed by atoms with Crippen LogP contribution in [0.5, 0.6) is 5.75 Å². The summed E-state index contributed by atoms with van der Waals surface area (Å²) in [5, 5.41) is 2.59. The van der Waals surface area contributed by atoms with E-state index in [0.717, 1.165) is 6.07 Å². The van der Waals surface area contributed by atoms with Gasteiger partial charge in [0, 0.05) is 16.7 Å². The third-order valence-electron chi connectivity index (χ3n) is 5.11. The van der Waals surface area contributed by atoms with Gasteiger partial charge in [-0.3, -0.25) is 14.4 Å². The average Bonchev–Trinajstić information content (AvgIpc) is 2.76. The molecule has 0 radical (unpaired) electrons. The van der Waals surface area contributed by atoms with Gasteiger partial charge in [0.05, 0.1) is 11.3 Å². The summed E-state index contributed by atoms with van der Waals surface area (Å²) in [7, 11) is 0. The third-order valence-corrected chi connectivity index (χ3v) is 5.11. The second-order valence-corrected chi connectivity index (χ2v) is 7.95. The maximum absolute atomic E-state index is 13.1. The van der Waals surface area contributed by atoms with E-state index in [4.69, 9.17) is 10.5 Å². The first-order chi connectivity index (χ1) is 15.8. The van der Waals surface area contributed by atoms with Gasteiger partial charge in [-0.05, 0) is 25.0 Å². The fraction of sp³-hybridized carbons (Fsp3) is 0.304. The number of halogens is 3. The lowest BCUT2D eigenvalue weighted by Crippen LogP contribution is -2.40. The molecule has 1 aliphatic rings. The van der Waals surface area contributed by atoms with Crippen LogP contribution in [0, 0.1) is 5.92 Å². The number of benzene rings is 2. The van der Waals surface area contributed by atoms with Gasteiger partial charge in [0.2, 0.25) is 0 Å². The van der Waals surface area contributed by atoms with Crippen molar-refractivity contribution in [3.05, 3.63) is 58.7 Å². The summed E-state index contributed by atoms with van der Waals surface area (Å²) < 4.78 is 48.7. The Labute approximate surface area is 192 Å². The first-order valence-corrected chi connectivity index (χ1v) is 10.2. The lowest BCUT2D eigenvalue weighted by molar-refractivity contribution is -0.189. The van der Waals surface area contributed by atoms with Crippen LogP contribution in [0.15, 0.2) is 36.4 Å². The highest BCUT2D eigenvalue weighted by molar-refractivity contribution is 6.30. The molecule has 3 N–H and O–H groups in total. The van der Waals surface area contributed by atoms with Crippen LogP contribution >= 0.6 is 0 Å². The van der Waals surface area contributed by atoms with Crippen molar-refractivity contribution in [3.63, 3.8) is 0 Å². The number of ketones is 2. The normalized spacial score (nSPS) is 14.7. The molecule has 180 valence electrons. The van der Waals surface area contributed by atoms with Gasteiger partial charge in [-0.1, -0.05) is 38.1 Å². The Balaban J connectivity index is 2.05. The molecule has 8 nitrogen and oxygen atoms in total. The van der Waals surface area contributed by atoms with Crippen molar-refractivity contribution in [1.29, 1.82) is 0 Å². The number of rotatable bonds is 6. The lowest BCUT2D eigenvalue weighted by Gasteiger charge is -2.25. The monoisotopic (exact) mass is 478 g/mol. The minimum absolute atomic E-state index is 0.0520. The van der Waals surface area contributed by atoms with Crippen LogP contribution in [0.3, 0.4) is 0 Å². The Morgan fingerprint density at radius 2 is 1.53 bits per heavy atom. The first kappa shape index (κ1) is 24.9. The van der Waals surface area contributed by atoms with E-state index in [1.54, 1.807) is 13.8 Å². The standard InChI is InChI=1S/C23H21F3N2O6/c1-10(2)17(27)21(31)33-11(3)28-15-9-8-14-16(20(15)34-22(32)23(24,25)26)19(30)13-7-5-4-6-12(13)18(14)29/h4-11,17,28H,27H2,1-3H3/t11?,17-/m0/s1. The summed E-state index contributed by atoms with van der Waals surface area (Å²) in [6.45, 7) is 4.76. The summed E-state index contributed by atoms with van der Waals surface area (Å²) in [6.07, 6.45) is -6.51. The van der Waals surface area contributed by atoms with Crippen molar-refractivity contribution >= 4 is 29.2 Å². The van der Waals surface area contributed by atoms with Gasteiger partial charge in [0.25, 0.3) is 0 Å². The number of nitrogens with two attached hydrogens (primary N) is 1. The lowest BCUT2D eigenvalue weighted by atomic mass is 9.83. The Bertz CT molecular complexity index is 1180. The van der Waals surface area contributed by atoms with Crippen LogP contribution in [0.4, 0.5) is 18.9 Å². The molecule has 0 saturated carbocycles. The molecule has 0 spiro atoms. The molecule has 2 aromatic rings. The molecule has 0 fully saturated rings. The number of alkyl halides is 3. The van der Waals surface area contributed by atoms with Gasteiger partial charge in [-0.2, -0.15) is 13.2 Å². The zero-order valence-corrected chi connectivity index (χ0v) is 18.4. The topological polar surface area (TPSA) is 125 Å². The van der Waals surface area contributed by atoms with E-state index in [2.05, 4.69) is 10.1 Å². The summed E-state index contributed by atoms with van der Waals surface area (Å²) in [5.74, 6) is -5.83. The third kappa shape index (κ3) is 4.79. The number of carbonyl (C=O) groups is 4. The van der Waals surface area contributed by atoms with Crippen LogP contribution in [-0.4, -0.2) is 42.0 Å². The second-order valence-electron chi connectivity index (χ2n) is 7.95. The Hall–Kier alpha value is -3.73. The zero-order chi connectivity index (χ0) is 25.4. The van der Waals surface area contributed by atoms with E-state index in [1.165, 1.54) is 37.3 Å². The number of anilines is 1. The van der Waals surface area contributed by atoms with Crippen molar-refractivity contribution in [2.24, 2.45) is 11.7 Å². The Morgan fingerprint density at radius 3 is 2.09 bits per heavy atom. The zero-order valence-electron chi connectivity index (χ0n) is 18.4. The molecular weight excluding hydrogens is 457 g/mol. The van der Waals surface area contributed by atoms with Gasteiger partial charge in [0.1, 0.15) is 6.04 Å². The van der Waals surface area contributed by atoms with Crippen LogP contribution in [0.2, 0.25) is 0 Å². The van der Waals surface area contributed by atoms with E-state index in [1.807, 2.05) is 0 Å². The fourth-order valence-electron chi connectivity index (χ4n) is 3.30. The minimum atomic E-state index is -5.37. The van der Waals surface area contributed by atoms with E-state index in [-0.39, 0.29) is 28.3 Å². The van der Waals surface area contributed by atoms with Crippen LogP contribution in [0.25, 0.3) is 0 Å². The predicted octanol–water partition coefficient (Wildman–Crippen LogP) is 3.21. The quantitative estimate of drug-likeness (QED) is 0.314. The summed E-state index contributed by atoms with van der Waals surface area (Å²) in [4.78, 5) is 49.8. The maximum atomic E-state index is 13.1. The number of esters is 2. The molecule has 11 heteroatoms. The molecule has 0 heterocycles. The summed E-state index contributed by atoms with van der Waals surface area (Å²) in [6, 6.07) is 7.19. The number of carbonyl (C=O) groups excluding carboxylic acids is 4. The van der Waals surface area contributed by atoms with Gasteiger partial charge in [-0.15, -0.1) is 0 Å². The fourth-order valence-corrected chi connectivity index (χ4v) is 3.30. The number of fused-ring (bicyclic) bond motifs is 2. The number of ether oxygens (including phenoxy) is 2. The molecule has 1 unspecified atom stereocenters. The predicted molar refractivity (Wildman–Crippen MR) is 113 cm³/mol. The number of hydrogen-bond donors (Lipinski definition) is 2. The van der Waals surface area contributed by atoms with Crippen molar-refractivity contribution < 1.29 is 41.8 Å². The van der Waals surface area contributed by atoms with E-state index in [9.17, 15) is 32.3 Å². The molecule has 1 aliphatic carbocycles. The molecule has 0 aromatic heterocycles. The molecule has 3 rings (SSSR count). The average molecular weight is 478 g/mol. The summed E-state index contributed by atoms with van der Waals surface area (Å²) >= 11 is 0. The van der Waals surface area contributed by atoms with E-state index >= 15 is 0 Å².